The van der Waals surface area contributed by atoms with E-state index in [-0.39, 0.29) is 18.6 Å². The molecular weight excluding hydrogens is 178 g/mol. The third-order valence-electron chi connectivity index (χ3n) is 2.30. The molecule has 0 fully saturated rings. The predicted molar refractivity (Wildman–Crippen MR) is 58.2 cm³/mol. The van der Waals surface area contributed by atoms with E-state index in [9.17, 15) is 4.79 Å². The van der Waals surface area contributed by atoms with Crippen LogP contribution in [0, 0.1) is 5.92 Å². The predicted octanol–water partition coefficient (Wildman–Crippen LogP) is 1.96. The summed E-state index contributed by atoms with van der Waals surface area (Å²) >= 11 is 0. The van der Waals surface area contributed by atoms with Crippen molar-refractivity contribution in [3.8, 4) is 0 Å². The van der Waals surface area contributed by atoms with E-state index >= 15 is 0 Å². The van der Waals surface area contributed by atoms with E-state index in [0.29, 0.717) is 12.5 Å². The van der Waals surface area contributed by atoms with Gasteiger partial charge in [0.1, 0.15) is 6.61 Å². The van der Waals surface area contributed by atoms with E-state index < -0.39 is 0 Å². The van der Waals surface area contributed by atoms with Crippen LogP contribution in [0.3, 0.4) is 0 Å². The second-order valence-electron chi connectivity index (χ2n) is 3.85. The molecule has 0 aliphatic rings. The molecule has 3 nitrogen and oxygen atoms in total. The van der Waals surface area contributed by atoms with Crippen molar-refractivity contribution in [1.29, 1.82) is 0 Å². The fraction of sp³-hybridized carbons (Fsp3) is 0.909. The Hall–Kier alpha value is -0.570. The van der Waals surface area contributed by atoms with Gasteiger partial charge in [-0.25, -0.2) is 0 Å². The molecule has 0 radical (unpaired) electrons. The van der Waals surface area contributed by atoms with Gasteiger partial charge >= 0.3 is 0 Å². The van der Waals surface area contributed by atoms with Crippen molar-refractivity contribution >= 4 is 5.91 Å². The summed E-state index contributed by atoms with van der Waals surface area (Å²) in [5.74, 6) is 0.653. The summed E-state index contributed by atoms with van der Waals surface area (Å²) < 4.78 is 5.02. The molecule has 0 saturated carbocycles. The van der Waals surface area contributed by atoms with E-state index in [0.717, 1.165) is 12.8 Å². The highest BCUT2D eigenvalue weighted by molar-refractivity contribution is 5.77. The fourth-order valence-corrected chi connectivity index (χ4v) is 1.34. The number of rotatable bonds is 7. The van der Waals surface area contributed by atoms with Gasteiger partial charge in [0, 0.05) is 12.6 Å². The minimum Gasteiger partial charge on any atom is -0.372 e. The normalized spacial score (nSPS) is 14.9. The van der Waals surface area contributed by atoms with Crippen LogP contribution in [0.4, 0.5) is 0 Å². The minimum absolute atomic E-state index is 0.0114. The van der Waals surface area contributed by atoms with Gasteiger partial charge in [-0.1, -0.05) is 20.3 Å². The Morgan fingerprint density at radius 3 is 2.50 bits per heavy atom. The molecular formula is C11H23NO2. The molecule has 0 rings (SSSR count). The maximum absolute atomic E-state index is 11.2. The number of amides is 1. The quantitative estimate of drug-likeness (QED) is 0.684. The van der Waals surface area contributed by atoms with Crippen LogP contribution in [0.2, 0.25) is 0 Å². The lowest BCUT2D eigenvalue weighted by atomic mass is 10.0. The molecule has 2 unspecified atom stereocenters. The van der Waals surface area contributed by atoms with Crippen LogP contribution in [0.15, 0.2) is 0 Å². The zero-order chi connectivity index (χ0) is 11.0. The minimum atomic E-state index is -0.0114. The average molecular weight is 201 g/mol. The molecule has 0 saturated heterocycles. The number of ether oxygens (including phenoxy) is 1. The maximum atomic E-state index is 11.2. The standard InChI is InChI=1S/C11H23NO2/c1-5-9(3)7-10(4)12-11(13)8-14-6-2/h9-10H,5-8H2,1-4H3,(H,12,13). The van der Waals surface area contributed by atoms with Crippen molar-refractivity contribution in [2.24, 2.45) is 5.92 Å². The lowest BCUT2D eigenvalue weighted by molar-refractivity contribution is -0.126. The van der Waals surface area contributed by atoms with Crippen LogP contribution >= 0.6 is 0 Å². The Kier molecular flexibility index (Phi) is 7.48. The third kappa shape index (κ3) is 6.89. The molecule has 0 aromatic carbocycles. The number of carbonyl (C=O) groups excluding carboxylic acids is 1. The molecule has 14 heavy (non-hydrogen) atoms. The number of nitrogens with one attached hydrogen (secondary N) is 1. The summed E-state index contributed by atoms with van der Waals surface area (Å²) in [6.45, 7) is 9.06. The Balaban J connectivity index is 3.60. The second-order valence-corrected chi connectivity index (χ2v) is 3.85. The van der Waals surface area contributed by atoms with E-state index in [4.69, 9.17) is 4.74 Å². The highest BCUT2D eigenvalue weighted by Crippen LogP contribution is 2.08. The van der Waals surface area contributed by atoms with Gasteiger partial charge in [0.15, 0.2) is 0 Å². The van der Waals surface area contributed by atoms with Gasteiger partial charge in [0.2, 0.25) is 5.91 Å². The molecule has 0 heterocycles. The molecule has 0 spiro atoms. The molecule has 0 aromatic rings. The average Bonchev–Trinajstić information content (AvgIpc) is 2.14. The lowest BCUT2D eigenvalue weighted by Crippen LogP contribution is -2.36. The molecule has 2 atom stereocenters. The fourth-order valence-electron chi connectivity index (χ4n) is 1.34. The highest BCUT2D eigenvalue weighted by atomic mass is 16.5. The van der Waals surface area contributed by atoms with Crippen LogP contribution in [0.1, 0.15) is 40.5 Å². The van der Waals surface area contributed by atoms with Crippen LogP contribution in [0.25, 0.3) is 0 Å². The lowest BCUT2D eigenvalue weighted by Gasteiger charge is -2.17. The van der Waals surface area contributed by atoms with Crippen molar-refractivity contribution in [1.82, 2.24) is 5.32 Å². The van der Waals surface area contributed by atoms with Crippen LogP contribution < -0.4 is 5.32 Å². The summed E-state index contributed by atoms with van der Waals surface area (Å²) in [6, 6.07) is 0.248. The smallest absolute Gasteiger partial charge is 0.246 e. The zero-order valence-electron chi connectivity index (χ0n) is 9.80. The van der Waals surface area contributed by atoms with Crippen molar-refractivity contribution in [2.75, 3.05) is 13.2 Å². The van der Waals surface area contributed by atoms with Gasteiger partial charge in [0.25, 0.3) is 0 Å². The largest absolute Gasteiger partial charge is 0.372 e. The van der Waals surface area contributed by atoms with Gasteiger partial charge in [-0.05, 0) is 26.2 Å². The molecule has 1 amide bonds. The topological polar surface area (TPSA) is 38.3 Å². The molecule has 84 valence electrons. The van der Waals surface area contributed by atoms with E-state index in [2.05, 4.69) is 19.2 Å². The molecule has 0 aliphatic heterocycles. The van der Waals surface area contributed by atoms with Gasteiger partial charge in [-0.2, -0.15) is 0 Å². The van der Waals surface area contributed by atoms with Crippen LogP contribution in [-0.4, -0.2) is 25.2 Å². The summed E-state index contributed by atoms with van der Waals surface area (Å²) in [5.41, 5.74) is 0. The first kappa shape index (κ1) is 13.4. The van der Waals surface area contributed by atoms with Crippen LogP contribution in [-0.2, 0) is 9.53 Å². The molecule has 0 aliphatic carbocycles. The van der Waals surface area contributed by atoms with Gasteiger partial charge in [-0.3, -0.25) is 4.79 Å². The highest BCUT2D eigenvalue weighted by Gasteiger charge is 2.09. The van der Waals surface area contributed by atoms with E-state index in [1.807, 2.05) is 13.8 Å². The van der Waals surface area contributed by atoms with E-state index in [1.165, 1.54) is 0 Å². The molecule has 1 N–H and O–H groups in total. The summed E-state index contributed by atoms with van der Waals surface area (Å²) in [7, 11) is 0. The van der Waals surface area contributed by atoms with E-state index in [1.54, 1.807) is 0 Å². The molecule has 0 bridgehead atoms. The van der Waals surface area contributed by atoms with Gasteiger partial charge in [-0.15, -0.1) is 0 Å². The second kappa shape index (κ2) is 7.80. The Morgan fingerprint density at radius 2 is 2.00 bits per heavy atom. The third-order valence-corrected chi connectivity index (χ3v) is 2.30. The summed E-state index contributed by atoms with van der Waals surface area (Å²) in [4.78, 5) is 11.2. The van der Waals surface area contributed by atoms with Crippen molar-refractivity contribution in [2.45, 2.75) is 46.6 Å². The first-order chi connectivity index (χ1) is 6.60. The maximum Gasteiger partial charge on any atom is 0.246 e. The summed E-state index contributed by atoms with van der Waals surface area (Å²) in [5, 5.41) is 2.92. The first-order valence-electron chi connectivity index (χ1n) is 5.47. The van der Waals surface area contributed by atoms with Crippen LogP contribution in [0.5, 0.6) is 0 Å². The monoisotopic (exact) mass is 201 g/mol. The Bertz CT molecular complexity index is 159. The Morgan fingerprint density at radius 1 is 1.36 bits per heavy atom. The number of hydrogen-bond acceptors (Lipinski definition) is 2. The first-order valence-corrected chi connectivity index (χ1v) is 5.47. The SMILES string of the molecule is CCOCC(=O)NC(C)CC(C)CC. The van der Waals surface area contributed by atoms with Crippen molar-refractivity contribution in [3.63, 3.8) is 0 Å². The Labute approximate surface area is 87.2 Å². The number of hydrogen-bond donors (Lipinski definition) is 1. The zero-order valence-corrected chi connectivity index (χ0v) is 9.80. The molecule has 3 heteroatoms. The number of carbonyl (C=O) groups is 1. The van der Waals surface area contributed by atoms with Gasteiger partial charge < -0.3 is 10.1 Å². The summed E-state index contributed by atoms with van der Waals surface area (Å²) in [6.07, 6.45) is 2.19. The van der Waals surface area contributed by atoms with Crippen molar-refractivity contribution < 1.29 is 9.53 Å². The van der Waals surface area contributed by atoms with Gasteiger partial charge in [0.05, 0.1) is 0 Å². The van der Waals surface area contributed by atoms with Crippen molar-refractivity contribution in [3.05, 3.63) is 0 Å². The molecule has 0 aromatic heterocycles.